The van der Waals surface area contributed by atoms with Crippen molar-refractivity contribution in [2.24, 2.45) is 0 Å². The second kappa shape index (κ2) is 12.5. The molecule has 0 unspecified atom stereocenters. The van der Waals surface area contributed by atoms with E-state index < -0.39 is 18.2 Å². The van der Waals surface area contributed by atoms with Crippen LogP contribution in [-0.4, -0.2) is 50.7 Å². The molecule has 126 valence electrons. The van der Waals surface area contributed by atoms with Crippen LogP contribution in [0.4, 0.5) is 0 Å². The maximum Gasteiger partial charge on any atom is 0.374 e. The van der Waals surface area contributed by atoms with Gasteiger partial charge in [-0.2, -0.15) is 0 Å². The molecular weight excluding hydrogens is 370 g/mol. The Hall–Kier alpha value is -1.05. The average Bonchev–Trinajstić information content (AvgIpc) is 2.79. The molecule has 0 aromatic carbocycles. The van der Waals surface area contributed by atoms with Crippen molar-refractivity contribution in [3.8, 4) is 0 Å². The first-order valence-electron chi connectivity index (χ1n) is 6.70. The first-order chi connectivity index (χ1) is 10.2. The van der Waals surface area contributed by atoms with Gasteiger partial charge in [-0.25, -0.2) is 4.79 Å². The number of Topliss-reactive ketones (excluding diaryl/α,β-unsaturated/α-hetero) is 2. The van der Waals surface area contributed by atoms with Gasteiger partial charge in [0.05, 0.1) is 18.4 Å². The van der Waals surface area contributed by atoms with E-state index in [1.165, 1.54) is 11.3 Å². The molecule has 0 aliphatic heterocycles. The van der Waals surface area contributed by atoms with Crippen molar-refractivity contribution >= 4 is 44.8 Å². The molecule has 0 saturated carbocycles. The van der Waals surface area contributed by atoms with Gasteiger partial charge in [0.2, 0.25) is 5.78 Å². The summed E-state index contributed by atoms with van der Waals surface area (Å²) in [6.07, 6.45) is -0.445. The van der Waals surface area contributed by atoms with Crippen LogP contribution in [0.1, 0.15) is 34.8 Å². The molecule has 5 nitrogen and oxygen atoms in total. The van der Waals surface area contributed by atoms with Crippen molar-refractivity contribution in [3.63, 3.8) is 0 Å². The van der Waals surface area contributed by atoms with E-state index in [1.54, 1.807) is 6.07 Å². The van der Waals surface area contributed by atoms with Gasteiger partial charge in [-0.3, -0.25) is 9.59 Å². The molecule has 1 rings (SSSR count). The van der Waals surface area contributed by atoms with Crippen LogP contribution in [0.3, 0.4) is 0 Å². The van der Waals surface area contributed by atoms with Crippen molar-refractivity contribution in [1.82, 2.24) is 4.90 Å². The molecular formula is C15H24BrNO4S. The van der Waals surface area contributed by atoms with Crippen LogP contribution >= 0.6 is 27.3 Å². The maximum absolute atomic E-state index is 11.6. The number of carbonyl (C=O) groups is 3. The molecule has 0 aliphatic carbocycles. The van der Waals surface area contributed by atoms with Crippen LogP contribution < -0.4 is 0 Å². The van der Waals surface area contributed by atoms with E-state index in [1.807, 2.05) is 46.8 Å². The third kappa shape index (κ3) is 9.81. The quantitative estimate of drug-likeness (QED) is 0.339. The van der Waals surface area contributed by atoms with Gasteiger partial charge >= 0.3 is 5.97 Å². The molecule has 7 heteroatoms. The summed E-state index contributed by atoms with van der Waals surface area (Å²) < 4.78 is 5.06. The highest BCUT2D eigenvalue weighted by Crippen LogP contribution is 2.27. The molecule has 1 aromatic heterocycles. The average molecular weight is 394 g/mol. The molecule has 0 N–H and O–H groups in total. The van der Waals surface area contributed by atoms with Crippen molar-refractivity contribution < 1.29 is 19.1 Å². The normalized spacial score (nSPS) is 9.14. The van der Waals surface area contributed by atoms with Gasteiger partial charge < -0.3 is 9.64 Å². The van der Waals surface area contributed by atoms with Gasteiger partial charge in [-0.05, 0) is 50.1 Å². The van der Waals surface area contributed by atoms with Crippen LogP contribution in [0.2, 0.25) is 0 Å². The number of aryl methyl sites for hydroxylation is 1. The zero-order valence-electron chi connectivity index (χ0n) is 14.2. The van der Waals surface area contributed by atoms with E-state index in [0.29, 0.717) is 4.88 Å². The third-order valence-corrected chi connectivity index (χ3v) is 4.04. The van der Waals surface area contributed by atoms with Crippen molar-refractivity contribution in [1.29, 1.82) is 0 Å². The lowest BCUT2D eigenvalue weighted by molar-refractivity contribution is -0.151. The SMILES string of the molecule is CC.CN(C)C.COC(=O)C(=O)CC(=O)c1cc(Br)c(C)s1. The zero-order valence-corrected chi connectivity index (χ0v) is 16.6. The topological polar surface area (TPSA) is 63.7 Å². The van der Waals surface area contributed by atoms with Gasteiger partial charge in [-0.1, -0.05) is 13.8 Å². The van der Waals surface area contributed by atoms with Crippen LogP contribution in [0.5, 0.6) is 0 Å². The number of halogens is 1. The number of ether oxygens (including phenoxy) is 1. The van der Waals surface area contributed by atoms with Gasteiger partial charge in [0, 0.05) is 9.35 Å². The lowest BCUT2D eigenvalue weighted by Crippen LogP contribution is -2.18. The van der Waals surface area contributed by atoms with Crippen molar-refractivity contribution in [2.45, 2.75) is 27.2 Å². The van der Waals surface area contributed by atoms with Crippen LogP contribution in [0.25, 0.3) is 0 Å². The molecule has 0 fully saturated rings. The first-order valence-corrected chi connectivity index (χ1v) is 8.31. The van der Waals surface area contributed by atoms with Gasteiger partial charge in [0.15, 0.2) is 5.78 Å². The molecule has 1 heterocycles. The third-order valence-electron chi connectivity index (χ3n) is 1.87. The van der Waals surface area contributed by atoms with Crippen molar-refractivity contribution in [3.05, 3.63) is 20.3 Å². The van der Waals surface area contributed by atoms with Gasteiger partial charge in [0.25, 0.3) is 0 Å². The summed E-state index contributed by atoms with van der Waals surface area (Å²) in [5.41, 5.74) is 0. The van der Waals surface area contributed by atoms with Crippen molar-refractivity contribution in [2.75, 3.05) is 28.3 Å². The highest BCUT2D eigenvalue weighted by atomic mass is 79.9. The van der Waals surface area contributed by atoms with E-state index in [4.69, 9.17) is 0 Å². The predicted molar refractivity (Wildman–Crippen MR) is 93.7 cm³/mol. The fourth-order valence-electron chi connectivity index (χ4n) is 1.02. The fourth-order valence-corrected chi connectivity index (χ4v) is 2.49. The number of ketones is 2. The number of esters is 1. The number of hydrogen-bond donors (Lipinski definition) is 0. The number of carbonyl (C=O) groups excluding carboxylic acids is 3. The minimum atomic E-state index is -0.985. The van der Waals surface area contributed by atoms with Crippen LogP contribution in [0.15, 0.2) is 10.5 Å². The number of hydrogen-bond acceptors (Lipinski definition) is 6. The van der Waals surface area contributed by atoms with E-state index >= 15 is 0 Å². The van der Waals surface area contributed by atoms with E-state index in [-0.39, 0.29) is 5.78 Å². The Balaban J connectivity index is 0. The second-order valence-electron chi connectivity index (χ2n) is 4.37. The number of methoxy groups -OCH3 is 1. The van der Waals surface area contributed by atoms with Crippen LogP contribution in [-0.2, 0) is 14.3 Å². The minimum Gasteiger partial charge on any atom is -0.463 e. The minimum absolute atomic E-state index is 0.366. The monoisotopic (exact) mass is 393 g/mol. The highest BCUT2D eigenvalue weighted by molar-refractivity contribution is 9.10. The van der Waals surface area contributed by atoms with E-state index in [0.717, 1.165) is 16.5 Å². The smallest absolute Gasteiger partial charge is 0.374 e. The van der Waals surface area contributed by atoms with E-state index in [9.17, 15) is 14.4 Å². The molecule has 0 aliphatic rings. The van der Waals surface area contributed by atoms with Crippen LogP contribution in [0, 0.1) is 6.92 Å². The lowest BCUT2D eigenvalue weighted by Gasteiger charge is -1.96. The first kappa shape index (κ1) is 23.2. The Morgan fingerprint density at radius 2 is 1.68 bits per heavy atom. The molecule has 0 radical (unpaired) electrons. The zero-order chi connectivity index (χ0) is 17.9. The lowest BCUT2D eigenvalue weighted by atomic mass is 10.2. The Morgan fingerprint density at radius 1 is 1.23 bits per heavy atom. The molecule has 0 bridgehead atoms. The summed E-state index contributed by atoms with van der Waals surface area (Å²) in [6, 6.07) is 1.65. The Morgan fingerprint density at radius 3 is 2.00 bits per heavy atom. The van der Waals surface area contributed by atoms with Gasteiger partial charge in [-0.15, -0.1) is 11.3 Å². The summed E-state index contributed by atoms with van der Waals surface area (Å²) >= 11 is 4.56. The summed E-state index contributed by atoms with van der Waals surface area (Å²) in [6.45, 7) is 5.85. The Kier molecular flexibility index (Phi) is 13.2. The van der Waals surface area contributed by atoms with E-state index in [2.05, 4.69) is 20.7 Å². The number of nitrogens with zero attached hydrogens (tertiary/aromatic N) is 1. The Bertz CT molecular complexity index is 475. The molecule has 0 saturated heterocycles. The summed E-state index contributed by atoms with van der Waals surface area (Å²) in [4.78, 5) is 37.0. The summed E-state index contributed by atoms with van der Waals surface area (Å²) in [7, 11) is 7.11. The number of rotatable bonds is 4. The Labute approximate surface area is 144 Å². The number of thiophene rings is 1. The van der Waals surface area contributed by atoms with Gasteiger partial charge in [0.1, 0.15) is 0 Å². The molecule has 22 heavy (non-hydrogen) atoms. The standard InChI is InChI=1S/C10H9BrO4S.C3H9N.C2H6/c1-5-6(11)3-9(16-5)7(12)4-8(13)10(14)15-2;1-4(2)3;1-2/h3H,4H2,1-2H3;1-3H3;1-2H3. The maximum atomic E-state index is 11.6. The molecule has 0 atom stereocenters. The summed E-state index contributed by atoms with van der Waals surface area (Å²) in [5.74, 6) is -2.18. The highest BCUT2D eigenvalue weighted by Gasteiger charge is 2.20. The fraction of sp³-hybridized carbons (Fsp3) is 0.533. The molecule has 0 spiro atoms. The molecule has 1 aromatic rings. The predicted octanol–water partition coefficient (Wildman–Crippen LogP) is 3.34. The largest absolute Gasteiger partial charge is 0.463 e. The summed E-state index contributed by atoms with van der Waals surface area (Å²) in [5, 5.41) is 0. The second-order valence-corrected chi connectivity index (χ2v) is 6.48. The molecule has 0 amide bonds.